The minimum absolute atomic E-state index is 0.166. The minimum Gasteiger partial charge on any atom is -0.468 e. The van der Waals surface area contributed by atoms with Gasteiger partial charge < -0.3 is 4.74 Å². The van der Waals surface area contributed by atoms with E-state index >= 15 is 0 Å². The highest BCUT2D eigenvalue weighted by molar-refractivity contribution is 7.99. The van der Waals surface area contributed by atoms with E-state index in [1.165, 1.54) is 18.9 Å². The monoisotopic (exact) mass is 202 g/mol. The summed E-state index contributed by atoms with van der Waals surface area (Å²) in [6, 6.07) is 1.95. The van der Waals surface area contributed by atoms with Gasteiger partial charge in [0.2, 0.25) is 0 Å². The van der Waals surface area contributed by atoms with Crippen LogP contribution in [0.1, 0.15) is 10.8 Å². The molecule has 0 fully saturated rings. The molecule has 1 aromatic heterocycles. The quantitative estimate of drug-likeness (QED) is 0.704. The Morgan fingerprint density at radius 1 is 1.75 bits per heavy atom. The molecule has 1 atom stereocenters. The average Bonchev–Trinajstić information content (AvgIpc) is 2.58. The number of carbonyl (C=O) groups is 1. The second kappa shape index (κ2) is 4.52. The molecule has 0 saturated carbocycles. The molecule has 0 radical (unpaired) electrons. The van der Waals surface area contributed by atoms with Crippen molar-refractivity contribution in [2.45, 2.75) is 5.25 Å². The zero-order chi connectivity index (χ0) is 8.97. The van der Waals surface area contributed by atoms with Crippen molar-refractivity contribution in [3.05, 3.63) is 22.4 Å². The summed E-state index contributed by atoms with van der Waals surface area (Å²) in [6.45, 7) is 0. The molecule has 0 saturated heterocycles. The molecule has 1 heterocycles. The molecule has 66 valence electrons. The summed E-state index contributed by atoms with van der Waals surface area (Å²) < 4.78 is 4.67. The molecular weight excluding hydrogens is 192 g/mol. The number of hydrogen-bond acceptors (Lipinski definition) is 4. The number of esters is 1. The van der Waals surface area contributed by atoms with Crippen LogP contribution in [-0.2, 0) is 9.53 Å². The Labute approximate surface area is 79.9 Å². The zero-order valence-electron chi connectivity index (χ0n) is 6.94. The molecule has 0 aromatic carbocycles. The first-order chi connectivity index (χ1) is 5.79. The summed E-state index contributed by atoms with van der Waals surface area (Å²) >= 11 is 3.08. The second-order valence-electron chi connectivity index (χ2n) is 2.20. The Bertz CT molecular complexity index is 244. The van der Waals surface area contributed by atoms with Gasteiger partial charge in [0.25, 0.3) is 0 Å². The molecule has 4 heteroatoms. The maximum Gasteiger partial charge on any atom is 0.323 e. The summed E-state index contributed by atoms with van der Waals surface area (Å²) in [7, 11) is 1.41. The zero-order valence-corrected chi connectivity index (χ0v) is 8.58. The van der Waals surface area contributed by atoms with Gasteiger partial charge in [-0.25, -0.2) is 0 Å². The lowest BCUT2D eigenvalue weighted by Crippen LogP contribution is -2.09. The number of ether oxygens (including phenoxy) is 1. The van der Waals surface area contributed by atoms with Gasteiger partial charge in [-0.05, 0) is 28.6 Å². The van der Waals surface area contributed by atoms with E-state index in [0.717, 1.165) is 5.56 Å². The maximum atomic E-state index is 11.2. The predicted molar refractivity (Wildman–Crippen MR) is 52.6 cm³/mol. The molecule has 0 spiro atoms. The van der Waals surface area contributed by atoms with E-state index in [1.807, 2.05) is 23.1 Å². The van der Waals surface area contributed by atoms with Crippen molar-refractivity contribution < 1.29 is 9.53 Å². The number of thiophene rings is 1. The molecule has 1 aromatic rings. The molecule has 0 amide bonds. The fourth-order valence-electron chi connectivity index (χ4n) is 0.900. The topological polar surface area (TPSA) is 26.3 Å². The summed E-state index contributed by atoms with van der Waals surface area (Å²) in [4.78, 5) is 11.2. The van der Waals surface area contributed by atoms with Crippen molar-refractivity contribution in [2.75, 3.05) is 13.4 Å². The van der Waals surface area contributed by atoms with E-state index in [0.29, 0.717) is 0 Å². The number of methoxy groups -OCH3 is 1. The molecular formula is C8H10O2S2. The minimum atomic E-state index is -0.180. The highest BCUT2D eigenvalue weighted by Crippen LogP contribution is 2.29. The van der Waals surface area contributed by atoms with Crippen molar-refractivity contribution in [2.24, 2.45) is 0 Å². The summed E-state index contributed by atoms with van der Waals surface area (Å²) in [5.41, 5.74) is 1.03. The molecule has 0 aliphatic heterocycles. The highest BCUT2D eigenvalue weighted by Gasteiger charge is 2.19. The number of thioether (sulfide) groups is 1. The third-order valence-electron chi connectivity index (χ3n) is 1.50. The molecule has 0 aliphatic rings. The standard InChI is InChI=1S/C8H10O2S2/c1-10-8(9)7(11-2)6-3-4-12-5-6/h3-5,7H,1-2H3. The number of carbonyl (C=O) groups excluding carboxylic acids is 1. The largest absolute Gasteiger partial charge is 0.468 e. The summed E-state index contributed by atoms with van der Waals surface area (Å²) in [5.74, 6) is -0.180. The van der Waals surface area contributed by atoms with Gasteiger partial charge in [0, 0.05) is 0 Å². The van der Waals surface area contributed by atoms with Gasteiger partial charge >= 0.3 is 5.97 Å². The van der Waals surface area contributed by atoms with Gasteiger partial charge in [-0.1, -0.05) is 0 Å². The smallest absolute Gasteiger partial charge is 0.323 e. The van der Waals surface area contributed by atoms with Crippen LogP contribution in [0.25, 0.3) is 0 Å². The Hall–Kier alpha value is -0.480. The van der Waals surface area contributed by atoms with Crippen molar-refractivity contribution in [3.8, 4) is 0 Å². The molecule has 12 heavy (non-hydrogen) atoms. The average molecular weight is 202 g/mol. The van der Waals surface area contributed by atoms with E-state index in [4.69, 9.17) is 0 Å². The van der Waals surface area contributed by atoms with Gasteiger partial charge in [0.15, 0.2) is 0 Å². The third-order valence-corrected chi connectivity index (χ3v) is 3.13. The molecule has 0 aliphatic carbocycles. The lowest BCUT2D eigenvalue weighted by atomic mass is 10.2. The number of rotatable bonds is 3. The Morgan fingerprint density at radius 2 is 2.50 bits per heavy atom. The van der Waals surface area contributed by atoms with Gasteiger partial charge in [-0.2, -0.15) is 11.3 Å². The fraction of sp³-hybridized carbons (Fsp3) is 0.375. The van der Waals surface area contributed by atoms with Crippen LogP contribution < -0.4 is 0 Å². The van der Waals surface area contributed by atoms with Crippen LogP contribution in [0.3, 0.4) is 0 Å². The first-order valence-electron chi connectivity index (χ1n) is 3.42. The normalized spacial score (nSPS) is 12.5. The van der Waals surface area contributed by atoms with Gasteiger partial charge in [0.1, 0.15) is 5.25 Å². The van der Waals surface area contributed by atoms with E-state index < -0.39 is 0 Å². The fourth-order valence-corrected chi connectivity index (χ4v) is 2.38. The van der Waals surface area contributed by atoms with Gasteiger partial charge in [-0.15, -0.1) is 11.8 Å². The van der Waals surface area contributed by atoms with E-state index in [9.17, 15) is 4.79 Å². The Morgan fingerprint density at radius 3 is 2.92 bits per heavy atom. The summed E-state index contributed by atoms with van der Waals surface area (Å²) in [6.07, 6.45) is 1.90. The van der Waals surface area contributed by atoms with E-state index in [2.05, 4.69) is 4.74 Å². The highest BCUT2D eigenvalue weighted by atomic mass is 32.2. The lowest BCUT2D eigenvalue weighted by molar-refractivity contribution is -0.140. The van der Waals surface area contributed by atoms with Crippen LogP contribution in [-0.4, -0.2) is 19.3 Å². The molecule has 0 bridgehead atoms. The van der Waals surface area contributed by atoms with Crippen molar-refractivity contribution in [1.82, 2.24) is 0 Å². The van der Waals surface area contributed by atoms with Gasteiger partial charge in [-0.3, -0.25) is 4.79 Å². The summed E-state index contributed by atoms with van der Waals surface area (Å²) in [5, 5.41) is 3.76. The predicted octanol–water partition coefficient (Wildman–Crippen LogP) is 2.33. The SMILES string of the molecule is COC(=O)C(SC)c1ccsc1. The maximum absolute atomic E-state index is 11.2. The van der Waals surface area contributed by atoms with Crippen LogP contribution in [0, 0.1) is 0 Å². The van der Waals surface area contributed by atoms with Crippen LogP contribution in [0.4, 0.5) is 0 Å². The van der Waals surface area contributed by atoms with Crippen LogP contribution in [0.2, 0.25) is 0 Å². The molecule has 2 nitrogen and oxygen atoms in total. The van der Waals surface area contributed by atoms with Crippen LogP contribution in [0.5, 0.6) is 0 Å². The van der Waals surface area contributed by atoms with Crippen LogP contribution >= 0.6 is 23.1 Å². The molecule has 1 unspecified atom stereocenters. The third kappa shape index (κ3) is 2.01. The first-order valence-corrected chi connectivity index (χ1v) is 5.65. The molecule has 1 rings (SSSR count). The Balaban J connectivity index is 2.76. The van der Waals surface area contributed by atoms with Crippen LogP contribution in [0.15, 0.2) is 16.8 Å². The Kier molecular flexibility index (Phi) is 3.62. The van der Waals surface area contributed by atoms with Crippen molar-refractivity contribution in [1.29, 1.82) is 0 Å². The molecule has 0 N–H and O–H groups in total. The van der Waals surface area contributed by atoms with Crippen molar-refractivity contribution >= 4 is 29.1 Å². The first kappa shape index (κ1) is 9.61. The lowest BCUT2D eigenvalue weighted by Gasteiger charge is -2.09. The van der Waals surface area contributed by atoms with E-state index in [-0.39, 0.29) is 11.2 Å². The number of hydrogen-bond donors (Lipinski definition) is 0. The van der Waals surface area contributed by atoms with E-state index in [1.54, 1.807) is 11.3 Å². The second-order valence-corrected chi connectivity index (χ2v) is 3.92. The van der Waals surface area contributed by atoms with Gasteiger partial charge in [0.05, 0.1) is 7.11 Å². The van der Waals surface area contributed by atoms with Crippen molar-refractivity contribution in [3.63, 3.8) is 0 Å².